The molecule has 3 heterocycles. The molecule has 1 aliphatic carbocycles. The number of carbonyl (C=O) groups is 1. The summed E-state index contributed by atoms with van der Waals surface area (Å²) in [5.41, 5.74) is 3.33. The Morgan fingerprint density at radius 2 is 1.82 bits per heavy atom. The Morgan fingerprint density at radius 3 is 2.55 bits per heavy atom. The first-order chi connectivity index (χ1) is 18.4. The van der Waals surface area contributed by atoms with Gasteiger partial charge >= 0.3 is 0 Å². The third-order valence-corrected chi connectivity index (χ3v) is 9.56. The minimum Gasteiger partial charge on any atom is -0.395 e. The molecule has 9 nitrogen and oxygen atoms in total. The lowest BCUT2D eigenvalue weighted by molar-refractivity contribution is -0.118. The maximum atomic E-state index is 13.4. The van der Waals surface area contributed by atoms with E-state index in [9.17, 15) is 19.0 Å². The predicted octanol–water partition coefficient (Wildman–Crippen LogP) is 5.09. The second-order valence-corrected chi connectivity index (χ2v) is 11.8. The maximum Gasteiger partial charge on any atom is 0.236 e. The van der Waals surface area contributed by atoms with Gasteiger partial charge in [-0.3, -0.25) is 23.9 Å². The number of aliphatic hydroxyl groups excluding tert-OH is 1. The molecule has 2 aliphatic rings. The van der Waals surface area contributed by atoms with E-state index in [1.807, 2.05) is 30.3 Å². The molecule has 4 N–H and O–H groups in total. The van der Waals surface area contributed by atoms with Crippen molar-refractivity contribution in [3.8, 4) is 11.3 Å². The van der Waals surface area contributed by atoms with E-state index in [-0.39, 0.29) is 20.0 Å². The van der Waals surface area contributed by atoms with E-state index >= 15 is 0 Å². The zero-order chi connectivity index (χ0) is 26.3. The summed E-state index contributed by atoms with van der Waals surface area (Å²) < 4.78 is 23.4. The van der Waals surface area contributed by atoms with Crippen molar-refractivity contribution in [2.24, 2.45) is 0 Å². The molecule has 6 rings (SSSR count). The van der Waals surface area contributed by atoms with Gasteiger partial charge in [0.1, 0.15) is 5.82 Å². The van der Waals surface area contributed by atoms with E-state index in [2.05, 4.69) is 20.3 Å². The highest BCUT2D eigenvalue weighted by molar-refractivity contribution is 8.22. The number of amides is 1. The van der Waals surface area contributed by atoms with Gasteiger partial charge in [-0.2, -0.15) is 4.31 Å². The van der Waals surface area contributed by atoms with Gasteiger partial charge in [0.2, 0.25) is 5.91 Å². The highest BCUT2D eigenvalue weighted by Crippen LogP contribution is 2.55. The molecule has 2 aromatic heterocycles. The Labute approximate surface area is 223 Å². The van der Waals surface area contributed by atoms with E-state index in [1.165, 1.54) is 0 Å². The number of fused-ring (bicyclic) bond motifs is 1. The molecule has 198 valence electrons. The van der Waals surface area contributed by atoms with Crippen LogP contribution in [0.3, 0.4) is 0 Å². The van der Waals surface area contributed by atoms with E-state index in [4.69, 9.17) is 0 Å². The molecule has 2 fully saturated rings. The van der Waals surface area contributed by atoms with Crippen LogP contribution in [-0.2, 0) is 10.2 Å². The molecule has 10 heteroatoms. The third kappa shape index (κ3) is 4.44. The molecular weight excluding hydrogens is 502 g/mol. The van der Waals surface area contributed by atoms with Crippen molar-refractivity contribution >= 4 is 33.5 Å². The lowest BCUT2D eigenvalue weighted by atomic mass is 9.94. The Hall–Kier alpha value is -3.41. The molecular formula is C28H31N5O4S. The predicted molar refractivity (Wildman–Crippen MR) is 149 cm³/mol. The molecule has 2 aromatic carbocycles. The SMILES string of the molecule is O=C(Nc1cccc(-c2ccc(S(O)(O)N3CCC[C@@H]3CO)cc2)n1)C1(c2ccc3nccnc3c2)CC1.[HH]. The van der Waals surface area contributed by atoms with Crippen LogP contribution in [0, 0.1) is 0 Å². The Morgan fingerprint density at radius 1 is 1.05 bits per heavy atom. The van der Waals surface area contributed by atoms with Crippen molar-refractivity contribution in [2.75, 3.05) is 18.5 Å². The Balaban J connectivity index is 0.00000308. The first-order valence-electron chi connectivity index (χ1n) is 12.7. The average molecular weight is 534 g/mol. The number of nitrogens with one attached hydrogen (secondary N) is 1. The van der Waals surface area contributed by atoms with Crippen molar-refractivity contribution in [1.29, 1.82) is 0 Å². The van der Waals surface area contributed by atoms with Crippen LogP contribution in [0.15, 0.2) is 78.0 Å². The fourth-order valence-electron chi connectivity index (χ4n) is 5.20. The number of pyridine rings is 1. The lowest BCUT2D eigenvalue weighted by Crippen LogP contribution is -2.34. The quantitative estimate of drug-likeness (QED) is 0.258. The topological polar surface area (TPSA) is 132 Å². The number of hydrogen-bond acceptors (Lipinski definition) is 8. The highest BCUT2D eigenvalue weighted by atomic mass is 32.3. The third-order valence-electron chi connectivity index (χ3n) is 7.52. The number of aliphatic hydroxyl groups is 1. The summed E-state index contributed by atoms with van der Waals surface area (Å²) in [6.07, 6.45) is 6.37. The molecule has 1 atom stereocenters. The number of nitrogens with zero attached hydrogens (tertiary/aromatic N) is 4. The summed E-state index contributed by atoms with van der Waals surface area (Å²) in [4.78, 5) is 27.1. The van der Waals surface area contributed by atoms with Crippen LogP contribution in [-0.4, -0.2) is 58.6 Å². The zero-order valence-electron chi connectivity index (χ0n) is 20.7. The molecule has 0 radical (unpaired) electrons. The summed E-state index contributed by atoms with van der Waals surface area (Å²) in [7, 11) is -3.19. The minimum absolute atomic E-state index is 0. The van der Waals surface area contributed by atoms with Gasteiger partial charge in [-0.15, -0.1) is 10.8 Å². The smallest absolute Gasteiger partial charge is 0.236 e. The van der Waals surface area contributed by atoms with Crippen LogP contribution < -0.4 is 5.32 Å². The first kappa shape index (κ1) is 24.9. The van der Waals surface area contributed by atoms with Crippen LogP contribution >= 0.6 is 10.8 Å². The largest absolute Gasteiger partial charge is 0.395 e. The molecule has 1 saturated carbocycles. The van der Waals surface area contributed by atoms with Gasteiger partial charge in [0, 0.05) is 25.9 Å². The van der Waals surface area contributed by atoms with E-state index in [0.717, 1.165) is 47.8 Å². The normalized spacial score (nSPS) is 19.4. The number of benzene rings is 2. The van der Waals surface area contributed by atoms with Crippen molar-refractivity contribution in [3.63, 3.8) is 0 Å². The van der Waals surface area contributed by atoms with Gasteiger partial charge in [0.05, 0.1) is 39.7 Å². The lowest BCUT2D eigenvalue weighted by Gasteiger charge is -2.43. The van der Waals surface area contributed by atoms with E-state index in [1.54, 1.807) is 47.0 Å². The molecule has 38 heavy (non-hydrogen) atoms. The van der Waals surface area contributed by atoms with Crippen LogP contribution in [0.4, 0.5) is 5.82 Å². The maximum absolute atomic E-state index is 13.4. The van der Waals surface area contributed by atoms with Gasteiger partial charge in [0.15, 0.2) is 0 Å². The van der Waals surface area contributed by atoms with Gasteiger partial charge in [-0.25, -0.2) is 4.98 Å². The number of aromatic nitrogens is 3. The standard InChI is InChI=1S/C28H29N5O4S.H2/c34-18-21-3-2-16-33(21)38(36,37)22-9-6-19(7-10-22)23-4-1-5-26(31-23)32-27(35)28(12-13-28)20-8-11-24-25(17-20)30-15-14-29-24;/h1,4-11,14-15,17,21,34,36-37H,2-3,12-13,16,18H2,(H,31,32,35);1H/t21-;/m1./s1. The second kappa shape index (κ2) is 9.72. The molecule has 1 aliphatic heterocycles. The van der Waals surface area contributed by atoms with Crippen molar-refractivity contribution in [2.45, 2.75) is 42.0 Å². The summed E-state index contributed by atoms with van der Waals surface area (Å²) >= 11 is 0. The fourth-order valence-corrected chi connectivity index (χ4v) is 6.95. The van der Waals surface area contributed by atoms with E-state index in [0.29, 0.717) is 23.0 Å². The van der Waals surface area contributed by atoms with Crippen LogP contribution in [0.1, 0.15) is 32.7 Å². The first-order valence-corrected chi connectivity index (χ1v) is 14.2. The minimum atomic E-state index is -3.19. The average Bonchev–Trinajstić information content (AvgIpc) is 3.62. The number of anilines is 1. The second-order valence-electron chi connectivity index (χ2n) is 9.87. The van der Waals surface area contributed by atoms with Crippen LogP contribution in [0.25, 0.3) is 22.3 Å². The Bertz CT molecular complexity index is 1500. The van der Waals surface area contributed by atoms with Gasteiger partial charge in [-0.1, -0.05) is 24.3 Å². The summed E-state index contributed by atoms with van der Waals surface area (Å²) in [5, 5.41) is 12.6. The monoisotopic (exact) mass is 533 g/mol. The molecule has 0 bridgehead atoms. The Kier molecular flexibility index (Phi) is 6.37. The molecule has 0 spiro atoms. The highest BCUT2D eigenvalue weighted by Gasteiger charge is 2.51. The van der Waals surface area contributed by atoms with Crippen molar-refractivity contribution in [3.05, 3.63) is 78.6 Å². The molecule has 4 aromatic rings. The van der Waals surface area contributed by atoms with Crippen LogP contribution in [0.2, 0.25) is 0 Å². The number of hydrogen-bond donors (Lipinski definition) is 4. The van der Waals surface area contributed by atoms with Crippen molar-refractivity contribution in [1.82, 2.24) is 19.3 Å². The molecule has 1 amide bonds. The fraction of sp³-hybridized carbons (Fsp3) is 0.286. The van der Waals surface area contributed by atoms with E-state index < -0.39 is 16.2 Å². The molecule has 1 saturated heterocycles. The zero-order valence-corrected chi connectivity index (χ0v) is 21.5. The summed E-state index contributed by atoms with van der Waals surface area (Å²) in [6, 6.07) is 17.9. The number of rotatable bonds is 7. The van der Waals surface area contributed by atoms with Crippen LogP contribution in [0.5, 0.6) is 0 Å². The van der Waals surface area contributed by atoms with Crippen molar-refractivity contribution < 1.29 is 20.4 Å². The van der Waals surface area contributed by atoms with Gasteiger partial charge in [0.25, 0.3) is 0 Å². The summed E-state index contributed by atoms with van der Waals surface area (Å²) in [6.45, 7) is 0.430. The van der Waals surface area contributed by atoms with Gasteiger partial charge in [-0.05, 0) is 67.6 Å². The number of carbonyl (C=O) groups excluding carboxylic acids is 1. The van der Waals surface area contributed by atoms with Gasteiger partial charge < -0.3 is 10.4 Å². The molecule has 0 unspecified atom stereocenters. The summed E-state index contributed by atoms with van der Waals surface area (Å²) in [5.74, 6) is 0.356.